The summed E-state index contributed by atoms with van der Waals surface area (Å²) in [6.07, 6.45) is 2.87. The van der Waals surface area contributed by atoms with Gasteiger partial charge in [-0.25, -0.2) is 0 Å². The molecule has 0 spiro atoms. The van der Waals surface area contributed by atoms with Crippen LogP contribution >= 0.6 is 0 Å². The number of rotatable bonds is 2. The fourth-order valence-electron chi connectivity index (χ4n) is 3.83. The molecule has 0 amide bonds. The van der Waals surface area contributed by atoms with Gasteiger partial charge in [0.15, 0.2) is 0 Å². The highest BCUT2D eigenvalue weighted by Gasteiger charge is 2.50. The number of likely N-dealkylation sites (tertiary alicyclic amines) is 1. The molecule has 80 valence electrons. The summed E-state index contributed by atoms with van der Waals surface area (Å²) in [5.74, 6) is 2.91. The van der Waals surface area contributed by atoms with Crippen LogP contribution in [0.3, 0.4) is 0 Å². The van der Waals surface area contributed by atoms with Gasteiger partial charge in [0.05, 0.1) is 0 Å². The molecule has 14 heavy (non-hydrogen) atoms. The second kappa shape index (κ2) is 3.21. The van der Waals surface area contributed by atoms with Gasteiger partial charge in [0.1, 0.15) is 0 Å². The van der Waals surface area contributed by atoms with E-state index in [4.69, 9.17) is 0 Å². The van der Waals surface area contributed by atoms with E-state index in [0.29, 0.717) is 0 Å². The van der Waals surface area contributed by atoms with Crippen LogP contribution in [0.4, 0.5) is 0 Å². The smallest absolute Gasteiger partial charge is 0.0117 e. The number of hydrogen-bond donors (Lipinski definition) is 1. The van der Waals surface area contributed by atoms with Crippen LogP contribution in [-0.2, 0) is 0 Å². The monoisotopic (exact) mass is 194 g/mol. The lowest BCUT2D eigenvalue weighted by Gasteiger charge is -2.43. The van der Waals surface area contributed by atoms with Gasteiger partial charge >= 0.3 is 0 Å². The van der Waals surface area contributed by atoms with E-state index in [1.54, 1.807) is 0 Å². The Kier molecular flexibility index (Phi) is 2.10. The Balaban J connectivity index is 1.63. The lowest BCUT2D eigenvalue weighted by Crippen LogP contribution is -2.50. The molecule has 3 heterocycles. The van der Waals surface area contributed by atoms with E-state index in [2.05, 4.69) is 24.1 Å². The first-order valence-electron chi connectivity index (χ1n) is 6.23. The highest BCUT2D eigenvalue weighted by atomic mass is 15.2. The maximum Gasteiger partial charge on any atom is 0.0117 e. The summed E-state index contributed by atoms with van der Waals surface area (Å²) >= 11 is 0. The van der Waals surface area contributed by atoms with Gasteiger partial charge in [-0.3, -0.25) is 0 Å². The molecule has 1 aliphatic carbocycles. The molecule has 2 bridgehead atoms. The first kappa shape index (κ1) is 9.17. The van der Waals surface area contributed by atoms with Crippen molar-refractivity contribution < 1.29 is 0 Å². The molecule has 2 heteroatoms. The third-order valence-corrected chi connectivity index (χ3v) is 4.80. The molecule has 4 fully saturated rings. The Morgan fingerprint density at radius 1 is 1.43 bits per heavy atom. The van der Waals surface area contributed by atoms with Gasteiger partial charge in [-0.05, 0) is 50.6 Å². The molecule has 0 aromatic carbocycles. The zero-order valence-electron chi connectivity index (χ0n) is 9.37. The molecule has 1 N–H and O–H groups in total. The highest BCUT2D eigenvalue weighted by molar-refractivity contribution is 5.06. The maximum atomic E-state index is 3.63. The summed E-state index contributed by atoms with van der Waals surface area (Å²) in [5.41, 5.74) is 0. The lowest BCUT2D eigenvalue weighted by molar-refractivity contribution is 0.0846. The van der Waals surface area contributed by atoms with Gasteiger partial charge in [-0.1, -0.05) is 6.92 Å². The average molecular weight is 194 g/mol. The minimum Gasteiger partial charge on any atom is -0.313 e. The first-order chi connectivity index (χ1) is 6.75. The Morgan fingerprint density at radius 3 is 2.79 bits per heavy atom. The molecule has 3 saturated heterocycles. The maximum absolute atomic E-state index is 3.63. The summed E-state index contributed by atoms with van der Waals surface area (Å²) in [6.45, 7) is 8.83. The summed E-state index contributed by atoms with van der Waals surface area (Å²) in [4.78, 5) is 2.72. The van der Waals surface area contributed by atoms with Gasteiger partial charge in [-0.15, -0.1) is 0 Å². The van der Waals surface area contributed by atoms with E-state index in [1.165, 1.54) is 32.5 Å². The van der Waals surface area contributed by atoms with Crippen LogP contribution in [0.5, 0.6) is 0 Å². The molecular formula is C12H22N2. The van der Waals surface area contributed by atoms with Crippen molar-refractivity contribution in [2.75, 3.05) is 19.6 Å². The van der Waals surface area contributed by atoms with E-state index in [-0.39, 0.29) is 0 Å². The van der Waals surface area contributed by atoms with Gasteiger partial charge in [0.25, 0.3) is 0 Å². The van der Waals surface area contributed by atoms with Crippen LogP contribution in [0.25, 0.3) is 0 Å². The van der Waals surface area contributed by atoms with E-state index in [1.807, 2.05) is 0 Å². The standard InChI is InChI=1S/C12H22N2/c1-8-3-4-14(7-8)9(2)12-10-5-11(12)13-6-10/h8-13H,3-7H2,1-2H3. The number of hydrogen-bond acceptors (Lipinski definition) is 2. The molecule has 0 aromatic rings. The quantitative estimate of drug-likeness (QED) is 0.713. The van der Waals surface area contributed by atoms with Crippen molar-refractivity contribution in [2.45, 2.75) is 38.8 Å². The third kappa shape index (κ3) is 1.24. The van der Waals surface area contributed by atoms with Crippen molar-refractivity contribution in [3.8, 4) is 0 Å². The fraction of sp³-hybridized carbons (Fsp3) is 1.00. The molecule has 5 atom stereocenters. The van der Waals surface area contributed by atoms with Crippen LogP contribution in [0.2, 0.25) is 0 Å². The van der Waals surface area contributed by atoms with Crippen molar-refractivity contribution in [1.29, 1.82) is 0 Å². The van der Waals surface area contributed by atoms with Crippen LogP contribution in [0.15, 0.2) is 0 Å². The fourth-order valence-corrected chi connectivity index (χ4v) is 3.83. The number of nitrogens with zero attached hydrogens (tertiary/aromatic N) is 1. The molecule has 0 radical (unpaired) electrons. The third-order valence-electron chi connectivity index (χ3n) is 4.80. The van der Waals surface area contributed by atoms with E-state index in [0.717, 1.165) is 29.8 Å². The van der Waals surface area contributed by atoms with Crippen molar-refractivity contribution in [1.82, 2.24) is 10.2 Å². The molecule has 1 saturated carbocycles. The second-order valence-electron chi connectivity index (χ2n) is 5.72. The van der Waals surface area contributed by atoms with Crippen LogP contribution in [0.1, 0.15) is 26.7 Å². The van der Waals surface area contributed by atoms with Gasteiger partial charge in [-0.2, -0.15) is 0 Å². The lowest BCUT2D eigenvalue weighted by atomic mass is 9.70. The normalized spacial score (nSPS) is 49.3. The Bertz CT molecular complexity index is 214. The summed E-state index contributed by atoms with van der Waals surface area (Å²) < 4.78 is 0. The Labute approximate surface area is 87.0 Å². The average Bonchev–Trinajstić information content (AvgIpc) is 2.75. The minimum absolute atomic E-state index is 0.832. The highest BCUT2D eigenvalue weighted by Crippen LogP contribution is 2.44. The van der Waals surface area contributed by atoms with E-state index >= 15 is 0 Å². The summed E-state index contributed by atoms with van der Waals surface area (Å²) in [6, 6.07) is 1.70. The number of nitrogens with one attached hydrogen (secondary N) is 1. The Morgan fingerprint density at radius 2 is 2.29 bits per heavy atom. The molecule has 2 nitrogen and oxygen atoms in total. The molecule has 4 aliphatic rings. The first-order valence-corrected chi connectivity index (χ1v) is 6.23. The van der Waals surface area contributed by atoms with Crippen molar-refractivity contribution >= 4 is 0 Å². The summed E-state index contributed by atoms with van der Waals surface area (Å²) in [5, 5.41) is 3.63. The van der Waals surface area contributed by atoms with Crippen LogP contribution in [0, 0.1) is 17.8 Å². The predicted octanol–water partition coefficient (Wildman–Crippen LogP) is 1.32. The van der Waals surface area contributed by atoms with E-state index in [9.17, 15) is 0 Å². The van der Waals surface area contributed by atoms with Crippen molar-refractivity contribution in [3.63, 3.8) is 0 Å². The SMILES string of the molecule is CC1CCN(C(C)C2C3CNC2C3)C1. The van der Waals surface area contributed by atoms with Crippen LogP contribution < -0.4 is 5.32 Å². The summed E-state index contributed by atoms with van der Waals surface area (Å²) in [7, 11) is 0. The molecule has 4 rings (SSSR count). The number of fused-ring (bicyclic) bond motifs is 1. The predicted molar refractivity (Wildman–Crippen MR) is 58.2 cm³/mol. The second-order valence-corrected chi connectivity index (χ2v) is 5.72. The van der Waals surface area contributed by atoms with Crippen LogP contribution in [-0.4, -0.2) is 36.6 Å². The van der Waals surface area contributed by atoms with Gasteiger partial charge in [0.2, 0.25) is 0 Å². The Hall–Kier alpha value is -0.0800. The zero-order chi connectivity index (χ0) is 9.71. The minimum atomic E-state index is 0.832. The molecule has 3 aliphatic heterocycles. The van der Waals surface area contributed by atoms with Crippen molar-refractivity contribution in [2.24, 2.45) is 17.8 Å². The topological polar surface area (TPSA) is 15.3 Å². The molecular weight excluding hydrogens is 172 g/mol. The largest absolute Gasteiger partial charge is 0.313 e. The zero-order valence-corrected chi connectivity index (χ0v) is 9.37. The van der Waals surface area contributed by atoms with E-state index < -0.39 is 0 Å². The molecule has 5 unspecified atom stereocenters. The van der Waals surface area contributed by atoms with Gasteiger partial charge < -0.3 is 10.2 Å². The van der Waals surface area contributed by atoms with Crippen molar-refractivity contribution in [3.05, 3.63) is 0 Å². The molecule has 0 aromatic heterocycles. The van der Waals surface area contributed by atoms with Gasteiger partial charge in [0, 0.05) is 18.6 Å².